The van der Waals surface area contributed by atoms with E-state index in [1.54, 1.807) is 10.7 Å². The fourth-order valence-electron chi connectivity index (χ4n) is 2.83. The minimum atomic E-state index is -0.354. The summed E-state index contributed by atoms with van der Waals surface area (Å²) in [6.07, 6.45) is 0. The van der Waals surface area contributed by atoms with Crippen molar-refractivity contribution in [1.29, 1.82) is 0 Å². The molecule has 1 N–H and O–H groups in total. The molecule has 3 rings (SSSR count). The summed E-state index contributed by atoms with van der Waals surface area (Å²) in [6.45, 7) is 7.43. The Balaban J connectivity index is 2.08. The molecule has 1 aliphatic heterocycles. The van der Waals surface area contributed by atoms with E-state index >= 15 is 0 Å². The SMILES string of the molecule is Cc1cc(C)n(-c2cc(N3CCNCC3)ccc2[N+](=O)[O-])n1. The molecule has 7 heteroatoms. The van der Waals surface area contributed by atoms with Crippen molar-refractivity contribution in [3.63, 3.8) is 0 Å². The second-order valence-electron chi connectivity index (χ2n) is 5.51. The first-order valence-corrected chi connectivity index (χ1v) is 7.34. The Hall–Kier alpha value is -2.41. The van der Waals surface area contributed by atoms with Gasteiger partial charge in [0.1, 0.15) is 5.69 Å². The van der Waals surface area contributed by atoms with Crippen molar-refractivity contribution < 1.29 is 4.92 Å². The standard InChI is InChI=1S/C15H19N5O2/c1-11-9-12(2)19(17-11)15-10-13(3-4-14(15)20(21)22)18-7-5-16-6-8-18/h3-4,9-10,16H,5-8H2,1-2H3. The van der Waals surface area contributed by atoms with Gasteiger partial charge < -0.3 is 10.2 Å². The maximum Gasteiger partial charge on any atom is 0.295 e. The third-order valence-electron chi connectivity index (χ3n) is 3.88. The number of aromatic nitrogens is 2. The van der Waals surface area contributed by atoms with Crippen LogP contribution in [0.2, 0.25) is 0 Å². The molecule has 0 radical (unpaired) electrons. The summed E-state index contributed by atoms with van der Waals surface area (Å²) < 4.78 is 1.65. The zero-order valence-corrected chi connectivity index (χ0v) is 12.7. The van der Waals surface area contributed by atoms with Gasteiger partial charge in [-0.3, -0.25) is 10.1 Å². The van der Waals surface area contributed by atoms with Gasteiger partial charge in [0.25, 0.3) is 5.69 Å². The van der Waals surface area contributed by atoms with Crippen molar-refractivity contribution in [3.05, 3.63) is 45.8 Å². The first-order valence-electron chi connectivity index (χ1n) is 7.34. The first-order chi connectivity index (χ1) is 10.6. The summed E-state index contributed by atoms with van der Waals surface area (Å²) in [5.74, 6) is 0. The Morgan fingerprint density at radius 2 is 1.95 bits per heavy atom. The highest BCUT2D eigenvalue weighted by Gasteiger charge is 2.20. The van der Waals surface area contributed by atoms with Crippen molar-refractivity contribution in [2.75, 3.05) is 31.1 Å². The number of anilines is 1. The molecule has 1 aliphatic rings. The summed E-state index contributed by atoms with van der Waals surface area (Å²) in [7, 11) is 0. The van der Waals surface area contributed by atoms with Gasteiger partial charge in [0.05, 0.1) is 10.6 Å². The van der Waals surface area contributed by atoms with Crippen LogP contribution >= 0.6 is 0 Å². The van der Waals surface area contributed by atoms with Crippen LogP contribution in [0.1, 0.15) is 11.4 Å². The second kappa shape index (κ2) is 5.76. The van der Waals surface area contributed by atoms with E-state index in [0.29, 0.717) is 5.69 Å². The van der Waals surface area contributed by atoms with Gasteiger partial charge in [-0.2, -0.15) is 5.10 Å². The average molecular weight is 301 g/mol. The third-order valence-corrected chi connectivity index (χ3v) is 3.88. The summed E-state index contributed by atoms with van der Waals surface area (Å²) >= 11 is 0. The van der Waals surface area contributed by atoms with Gasteiger partial charge in [0.2, 0.25) is 0 Å². The number of rotatable bonds is 3. The minimum absolute atomic E-state index is 0.0742. The fourth-order valence-corrected chi connectivity index (χ4v) is 2.83. The van der Waals surface area contributed by atoms with Crippen LogP contribution in [0.15, 0.2) is 24.3 Å². The Kier molecular flexibility index (Phi) is 3.81. The third kappa shape index (κ3) is 2.67. The smallest absolute Gasteiger partial charge is 0.295 e. The van der Waals surface area contributed by atoms with Gasteiger partial charge in [-0.1, -0.05) is 0 Å². The highest BCUT2D eigenvalue weighted by molar-refractivity contribution is 5.63. The highest BCUT2D eigenvalue weighted by atomic mass is 16.6. The van der Waals surface area contributed by atoms with Crippen molar-refractivity contribution in [1.82, 2.24) is 15.1 Å². The molecule has 1 saturated heterocycles. The molecule has 2 aromatic rings. The number of nitrogens with zero attached hydrogens (tertiary/aromatic N) is 4. The van der Waals surface area contributed by atoms with Gasteiger partial charge in [0, 0.05) is 43.6 Å². The lowest BCUT2D eigenvalue weighted by Crippen LogP contribution is -2.43. The molecule has 0 aliphatic carbocycles. The number of nitrogens with one attached hydrogen (secondary N) is 1. The van der Waals surface area contributed by atoms with Crippen molar-refractivity contribution in [2.45, 2.75) is 13.8 Å². The number of nitro benzene ring substituents is 1. The number of aryl methyl sites for hydroxylation is 2. The molecule has 0 bridgehead atoms. The molecule has 116 valence electrons. The van der Waals surface area contributed by atoms with Crippen molar-refractivity contribution in [3.8, 4) is 5.69 Å². The van der Waals surface area contributed by atoms with Gasteiger partial charge in [-0.05, 0) is 32.0 Å². The number of hydrogen-bond donors (Lipinski definition) is 1. The lowest BCUT2D eigenvalue weighted by Gasteiger charge is -2.29. The normalized spacial score (nSPS) is 15.1. The second-order valence-corrected chi connectivity index (χ2v) is 5.51. The van der Waals surface area contributed by atoms with Crippen molar-refractivity contribution in [2.24, 2.45) is 0 Å². The molecule has 22 heavy (non-hydrogen) atoms. The zero-order valence-electron chi connectivity index (χ0n) is 12.7. The van der Waals surface area contributed by atoms with E-state index in [2.05, 4.69) is 15.3 Å². The quantitative estimate of drug-likeness (QED) is 0.691. The van der Waals surface area contributed by atoms with E-state index < -0.39 is 0 Å². The average Bonchev–Trinajstić information content (AvgIpc) is 2.86. The predicted molar refractivity (Wildman–Crippen MR) is 84.8 cm³/mol. The van der Waals surface area contributed by atoms with E-state index in [1.165, 1.54) is 0 Å². The molecule has 0 atom stereocenters. The van der Waals surface area contributed by atoms with E-state index in [9.17, 15) is 10.1 Å². The van der Waals surface area contributed by atoms with Gasteiger partial charge in [0.15, 0.2) is 0 Å². The molecular weight excluding hydrogens is 282 g/mol. The topological polar surface area (TPSA) is 76.2 Å². The number of nitro groups is 1. The molecule has 1 aromatic heterocycles. The predicted octanol–water partition coefficient (Wildman–Crippen LogP) is 1.81. The Morgan fingerprint density at radius 1 is 1.23 bits per heavy atom. The van der Waals surface area contributed by atoms with Crippen LogP contribution in [0.5, 0.6) is 0 Å². The molecule has 0 saturated carbocycles. The lowest BCUT2D eigenvalue weighted by molar-refractivity contribution is -0.384. The molecule has 1 aromatic carbocycles. The summed E-state index contributed by atoms with van der Waals surface area (Å²) in [5.41, 5.74) is 3.32. The Labute approximate surface area is 128 Å². The zero-order chi connectivity index (χ0) is 15.7. The number of benzene rings is 1. The maximum absolute atomic E-state index is 11.3. The van der Waals surface area contributed by atoms with Crippen LogP contribution in [-0.2, 0) is 0 Å². The van der Waals surface area contributed by atoms with Crippen LogP contribution < -0.4 is 10.2 Å². The largest absolute Gasteiger partial charge is 0.369 e. The molecule has 0 spiro atoms. The number of hydrogen-bond acceptors (Lipinski definition) is 5. The summed E-state index contributed by atoms with van der Waals surface area (Å²) in [5, 5.41) is 19.0. The highest BCUT2D eigenvalue weighted by Crippen LogP contribution is 2.29. The van der Waals surface area contributed by atoms with Crippen LogP contribution in [0.3, 0.4) is 0 Å². The van der Waals surface area contributed by atoms with E-state index in [-0.39, 0.29) is 10.6 Å². The Bertz CT molecular complexity index is 704. The van der Waals surface area contributed by atoms with E-state index in [0.717, 1.165) is 43.3 Å². The van der Waals surface area contributed by atoms with Crippen LogP contribution in [0.25, 0.3) is 5.69 Å². The summed E-state index contributed by atoms with van der Waals surface area (Å²) in [6, 6.07) is 7.17. The minimum Gasteiger partial charge on any atom is -0.369 e. The molecule has 0 amide bonds. The van der Waals surface area contributed by atoms with Crippen LogP contribution in [-0.4, -0.2) is 40.9 Å². The van der Waals surface area contributed by atoms with Crippen LogP contribution in [0, 0.1) is 24.0 Å². The van der Waals surface area contributed by atoms with Crippen molar-refractivity contribution >= 4 is 11.4 Å². The van der Waals surface area contributed by atoms with Gasteiger partial charge in [-0.25, -0.2) is 4.68 Å². The summed E-state index contributed by atoms with van der Waals surface area (Å²) in [4.78, 5) is 13.2. The Morgan fingerprint density at radius 3 is 2.55 bits per heavy atom. The van der Waals surface area contributed by atoms with Crippen LogP contribution in [0.4, 0.5) is 11.4 Å². The van der Waals surface area contributed by atoms with Gasteiger partial charge in [-0.15, -0.1) is 0 Å². The number of piperazine rings is 1. The lowest BCUT2D eigenvalue weighted by atomic mass is 10.2. The monoisotopic (exact) mass is 301 g/mol. The maximum atomic E-state index is 11.3. The molecule has 2 heterocycles. The molecule has 7 nitrogen and oxygen atoms in total. The van der Waals surface area contributed by atoms with E-state index in [4.69, 9.17) is 0 Å². The first kappa shape index (κ1) is 14.5. The molecule has 0 unspecified atom stereocenters. The molecule has 1 fully saturated rings. The van der Waals surface area contributed by atoms with E-state index in [1.807, 2.05) is 32.0 Å². The van der Waals surface area contributed by atoms with Gasteiger partial charge >= 0.3 is 0 Å². The fraction of sp³-hybridized carbons (Fsp3) is 0.400. The molecular formula is C15H19N5O2.